The smallest absolute Gasteiger partial charge is 0.220 e. The standard InChI is InChI=1S/C22H31NO/c1-15(20-6-4-3-5-7-20)8-21(24)23-16(2)22-12-17-9-18(13-22)11-19(10-17)14-22/h3-7,15-19H,8-14H2,1-2H3,(H,23,24)/t15-,16-,17?,18?,19?,22?/m1/s1. The van der Waals surface area contributed by atoms with Crippen molar-refractivity contribution in [2.45, 2.75) is 70.8 Å². The second-order valence-corrected chi connectivity index (χ2v) is 9.08. The molecule has 5 rings (SSSR count). The Balaban J connectivity index is 1.37. The van der Waals surface area contributed by atoms with E-state index in [1.807, 2.05) is 6.07 Å². The lowest BCUT2D eigenvalue weighted by molar-refractivity contribution is -0.126. The van der Waals surface area contributed by atoms with Crippen molar-refractivity contribution in [3.05, 3.63) is 35.9 Å². The molecule has 1 amide bonds. The van der Waals surface area contributed by atoms with Gasteiger partial charge < -0.3 is 5.32 Å². The molecule has 0 aliphatic heterocycles. The number of hydrogen-bond donors (Lipinski definition) is 1. The summed E-state index contributed by atoms with van der Waals surface area (Å²) in [6, 6.07) is 10.7. The summed E-state index contributed by atoms with van der Waals surface area (Å²) >= 11 is 0. The molecule has 4 saturated carbocycles. The normalized spacial score (nSPS) is 36.3. The lowest BCUT2D eigenvalue weighted by Gasteiger charge is -2.59. The van der Waals surface area contributed by atoms with Crippen LogP contribution in [0.1, 0.15) is 70.3 Å². The van der Waals surface area contributed by atoms with Crippen molar-refractivity contribution in [1.82, 2.24) is 5.32 Å². The quantitative estimate of drug-likeness (QED) is 0.819. The molecule has 0 unspecified atom stereocenters. The van der Waals surface area contributed by atoms with Gasteiger partial charge in [0.1, 0.15) is 0 Å². The van der Waals surface area contributed by atoms with Gasteiger partial charge in [-0.3, -0.25) is 4.79 Å². The van der Waals surface area contributed by atoms with Crippen LogP contribution in [0.4, 0.5) is 0 Å². The van der Waals surface area contributed by atoms with Crippen molar-refractivity contribution in [3.8, 4) is 0 Å². The van der Waals surface area contributed by atoms with E-state index in [4.69, 9.17) is 0 Å². The van der Waals surface area contributed by atoms with E-state index in [-0.39, 0.29) is 11.8 Å². The topological polar surface area (TPSA) is 29.1 Å². The molecule has 1 N–H and O–H groups in total. The third-order valence-electron chi connectivity index (χ3n) is 7.24. The molecule has 0 radical (unpaired) electrons. The molecule has 24 heavy (non-hydrogen) atoms. The van der Waals surface area contributed by atoms with Crippen LogP contribution in [-0.2, 0) is 4.79 Å². The van der Waals surface area contributed by atoms with Crippen LogP contribution in [0.5, 0.6) is 0 Å². The third kappa shape index (κ3) is 3.00. The molecular weight excluding hydrogens is 294 g/mol. The van der Waals surface area contributed by atoms with Crippen LogP contribution in [-0.4, -0.2) is 11.9 Å². The molecule has 4 bridgehead atoms. The largest absolute Gasteiger partial charge is 0.353 e. The molecule has 130 valence electrons. The molecule has 2 atom stereocenters. The summed E-state index contributed by atoms with van der Waals surface area (Å²) in [6.45, 7) is 4.43. The number of hydrogen-bond acceptors (Lipinski definition) is 1. The van der Waals surface area contributed by atoms with Crippen LogP contribution in [0, 0.1) is 23.2 Å². The second kappa shape index (κ2) is 6.20. The third-order valence-corrected chi connectivity index (χ3v) is 7.24. The zero-order valence-corrected chi connectivity index (χ0v) is 15.1. The molecule has 4 fully saturated rings. The highest BCUT2D eigenvalue weighted by Crippen LogP contribution is 2.61. The predicted molar refractivity (Wildman–Crippen MR) is 97.7 cm³/mol. The van der Waals surface area contributed by atoms with Gasteiger partial charge >= 0.3 is 0 Å². The molecule has 0 heterocycles. The maximum absolute atomic E-state index is 12.6. The summed E-state index contributed by atoms with van der Waals surface area (Å²) in [5.41, 5.74) is 1.66. The predicted octanol–water partition coefficient (Wildman–Crippen LogP) is 4.90. The molecule has 2 heteroatoms. The first-order valence-corrected chi connectivity index (χ1v) is 9.88. The van der Waals surface area contributed by atoms with Gasteiger partial charge in [-0.1, -0.05) is 37.3 Å². The highest BCUT2D eigenvalue weighted by molar-refractivity contribution is 5.77. The molecule has 4 aliphatic rings. The number of amides is 1. The first-order chi connectivity index (χ1) is 11.5. The SMILES string of the molecule is C[C@H](CC(=O)N[C@H](C)C12CC3CC(CC(C3)C1)C2)c1ccccc1. The highest BCUT2D eigenvalue weighted by atomic mass is 16.1. The van der Waals surface area contributed by atoms with Crippen LogP contribution < -0.4 is 5.32 Å². The fraction of sp³-hybridized carbons (Fsp3) is 0.682. The Kier molecular flexibility index (Phi) is 4.18. The van der Waals surface area contributed by atoms with Crippen molar-refractivity contribution >= 4 is 5.91 Å². The molecule has 1 aromatic carbocycles. The zero-order chi connectivity index (χ0) is 16.7. The second-order valence-electron chi connectivity index (χ2n) is 9.08. The van der Waals surface area contributed by atoms with E-state index in [1.54, 1.807) is 0 Å². The van der Waals surface area contributed by atoms with Crippen LogP contribution in [0.2, 0.25) is 0 Å². The Hall–Kier alpha value is -1.31. The first-order valence-electron chi connectivity index (χ1n) is 9.88. The summed E-state index contributed by atoms with van der Waals surface area (Å²) < 4.78 is 0. The van der Waals surface area contributed by atoms with E-state index in [0.717, 1.165) is 17.8 Å². The summed E-state index contributed by atoms with van der Waals surface area (Å²) in [5.74, 6) is 3.35. The summed E-state index contributed by atoms with van der Waals surface area (Å²) in [4.78, 5) is 12.6. The van der Waals surface area contributed by atoms with Crippen molar-refractivity contribution in [1.29, 1.82) is 0 Å². The van der Waals surface area contributed by atoms with Gasteiger partial charge in [0.25, 0.3) is 0 Å². The molecule has 4 aliphatic carbocycles. The van der Waals surface area contributed by atoms with Gasteiger partial charge in [0, 0.05) is 12.5 Å². The minimum atomic E-state index is 0.231. The molecule has 2 nitrogen and oxygen atoms in total. The highest BCUT2D eigenvalue weighted by Gasteiger charge is 2.53. The van der Waals surface area contributed by atoms with E-state index in [9.17, 15) is 4.79 Å². The van der Waals surface area contributed by atoms with Crippen LogP contribution in [0.15, 0.2) is 30.3 Å². The summed E-state index contributed by atoms with van der Waals surface area (Å²) in [7, 11) is 0. The zero-order valence-electron chi connectivity index (χ0n) is 15.1. The number of carbonyl (C=O) groups excluding carboxylic acids is 1. The molecule has 0 spiro atoms. The van der Waals surface area contributed by atoms with Crippen LogP contribution in [0.3, 0.4) is 0 Å². The van der Waals surface area contributed by atoms with E-state index in [2.05, 4.69) is 43.4 Å². The monoisotopic (exact) mass is 325 g/mol. The lowest BCUT2D eigenvalue weighted by atomic mass is 9.48. The number of benzene rings is 1. The van der Waals surface area contributed by atoms with E-state index < -0.39 is 0 Å². The number of carbonyl (C=O) groups is 1. The fourth-order valence-electron chi connectivity index (χ4n) is 6.34. The summed E-state index contributed by atoms with van der Waals surface area (Å²) in [6.07, 6.45) is 9.06. The van der Waals surface area contributed by atoms with Crippen molar-refractivity contribution in [2.75, 3.05) is 0 Å². The van der Waals surface area contributed by atoms with Gasteiger partial charge in [-0.15, -0.1) is 0 Å². The minimum Gasteiger partial charge on any atom is -0.353 e. The maximum Gasteiger partial charge on any atom is 0.220 e. The van der Waals surface area contributed by atoms with Gasteiger partial charge in [-0.2, -0.15) is 0 Å². The minimum absolute atomic E-state index is 0.231. The van der Waals surface area contributed by atoms with Gasteiger partial charge in [0.15, 0.2) is 0 Å². The Morgan fingerprint density at radius 3 is 2.12 bits per heavy atom. The number of nitrogens with one attached hydrogen (secondary N) is 1. The van der Waals surface area contributed by atoms with Crippen LogP contribution in [0.25, 0.3) is 0 Å². The average Bonchev–Trinajstić information content (AvgIpc) is 2.54. The molecule has 0 saturated heterocycles. The first kappa shape index (κ1) is 16.2. The van der Waals surface area contributed by atoms with Crippen molar-refractivity contribution in [2.24, 2.45) is 23.2 Å². The average molecular weight is 325 g/mol. The lowest BCUT2D eigenvalue weighted by Crippen LogP contribution is -2.55. The Labute approximate surface area is 146 Å². The Morgan fingerprint density at radius 1 is 1.04 bits per heavy atom. The molecular formula is C22H31NO. The molecule has 0 aromatic heterocycles. The number of rotatable bonds is 5. The maximum atomic E-state index is 12.6. The Bertz CT molecular complexity index is 558. The van der Waals surface area contributed by atoms with Crippen LogP contribution >= 0.6 is 0 Å². The van der Waals surface area contributed by atoms with E-state index in [1.165, 1.54) is 44.1 Å². The van der Waals surface area contributed by atoms with Gasteiger partial charge in [-0.25, -0.2) is 0 Å². The Morgan fingerprint density at radius 2 is 1.58 bits per heavy atom. The molecule has 1 aromatic rings. The van der Waals surface area contributed by atoms with Crippen molar-refractivity contribution < 1.29 is 4.79 Å². The summed E-state index contributed by atoms with van der Waals surface area (Å²) in [5, 5.41) is 3.40. The van der Waals surface area contributed by atoms with Crippen molar-refractivity contribution in [3.63, 3.8) is 0 Å². The van der Waals surface area contributed by atoms with E-state index in [0.29, 0.717) is 17.9 Å². The van der Waals surface area contributed by atoms with E-state index >= 15 is 0 Å². The van der Waals surface area contributed by atoms with Gasteiger partial charge in [-0.05, 0) is 80.1 Å². The fourth-order valence-corrected chi connectivity index (χ4v) is 6.34. The van der Waals surface area contributed by atoms with Gasteiger partial charge in [0.2, 0.25) is 5.91 Å². The van der Waals surface area contributed by atoms with Gasteiger partial charge in [0.05, 0.1) is 0 Å².